The van der Waals surface area contributed by atoms with Crippen molar-refractivity contribution in [2.24, 2.45) is 5.92 Å². The highest BCUT2D eigenvalue weighted by Gasteiger charge is 2.34. The van der Waals surface area contributed by atoms with Gasteiger partial charge in [0.05, 0.1) is 5.56 Å². The summed E-state index contributed by atoms with van der Waals surface area (Å²) in [7, 11) is 0. The minimum Gasteiger partial charge on any atom is -0.475 e. The lowest BCUT2D eigenvalue weighted by molar-refractivity contribution is -0.137. The molecule has 2 fully saturated rings. The zero-order valence-corrected chi connectivity index (χ0v) is 23.4. The summed E-state index contributed by atoms with van der Waals surface area (Å²) in [6, 6.07) is 15.5. The fourth-order valence-electron chi connectivity index (χ4n) is 6.49. The van der Waals surface area contributed by atoms with Crippen LogP contribution >= 0.6 is 0 Å². The third-order valence-corrected chi connectivity index (χ3v) is 8.99. The average Bonchev–Trinajstić information content (AvgIpc) is 3.30. The van der Waals surface area contributed by atoms with Gasteiger partial charge in [0.2, 0.25) is 5.82 Å². The number of nitrogens with one attached hydrogen (secondary N) is 1. The van der Waals surface area contributed by atoms with Gasteiger partial charge >= 0.3 is 12.1 Å². The first kappa shape index (κ1) is 28.2. The van der Waals surface area contributed by atoms with Crippen LogP contribution in [-0.2, 0) is 12.7 Å². The van der Waals surface area contributed by atoms with Crippen molar-refractivity contribution in [2.45, 2.75) is 82.5 Å². The predicted octanol–water partition coefficient (Wildman–Crippen LogP) is 7.63. The lowest BCUT2D eigenvalue weighted by atomic mass is 9.75. The molecule has 7 nitrogen and oxygen atoms in total. The van der Waals surface area contributed by atoms with Gasteiger partial charge in [0, 0.05) is 18.5 Å². The van der Waals surface area contributed by atoms with Crippen molar-refractivity contribution in [3.8, 4) is 0 Å². The molecule has 2 unspecified atom stereocenters. The minimum atomic E-state index is -4.42. The fourth-order valence-corrected chi connectivity index (χ4v) is 6.49. The lowest BCUT2D eigenvalue weighted by Gasteiger charge is -2.33. The van der Waals surface area contributed by atoms with E-state index in [0.717, 1.165) is 62.9 Å². The number of halogens is 3. The summed E-state index contributed by atoms with van der Waals surface area (Å²) in [5.74, 6) is 0.254. The Morgan fingerprint density at radius 3 is 2.26 bits per heavy atom. The molecule has 2 aromatic heterocycles. The second-order valence-electron chi connectivity index (χ2n) is 11.7. The molecule has 6 rings (SSSR count). The Morgan fingerprint density at radius 1 is 0.952 bits per heavy atom. The first-order chi connectivity index (χ1) is 20.2. The summed E-state index contributed by atoms with van der Waals surface area (Å²) < 4.78 is 41.9. The first-order valence-electron chi connectivity index (χ1n) is 14.7. The van der Waals surface area contributed by atoms with E-state index in [4.69, 9.17) is 4.98 Å². The molecule has 2 aliphatic rings. The van der Waals surface area contributed by atoms with Crippen molar-refractivity contribution in [3.63, 3.8) is 0 Å². The molecule has 0 amide bonds. The number of anilines is 1. The number of rotatable bonds is 8. The number of carbonyl (C=O) groups is 1. The standard InChI is InChI=1S/C32H34F3N5O2/c1-19(21-10-7-11-21)36-27-26-28(38-29(37-27)31(41)42)39-30(25-13-6-5-12-24(25)22-8-3-2-4-9-22)40(26)18-20-14-16-23(17-15-20)32(33,34)35/h2-4,8-9,14-17,19,21,24-25H,5-7,10-13,18H2,1H3,(H,41,42)(H,36,37,38)/t19-,24?,25?/m1/s1. The van der Waals surface area contributed by atoms with E-state index < -0.39 is 17.7 Å². The maximum absolute atomic E-state index is 13.3. The molecular weight excluding hydrogens is 543 g/mol. The van der Waals surface area contributed by atoms with E-state index in [0.29, 0.717) is 22.8 Å². The van der Waals surface area contributed by atoms with Gasteiger partial charge in [-0.05, 0) is 67.7 Å². The zero-order valence-electron chi connectivity index (χ0n) is 23.4. The van der Waals surface area contributed by atoms with Crippen molar-refractivity contribution in [1.29, 1.82) is 0 Å². The van der Waals surface area contributed by atoms with Gasteiger partial charge in [0.25, 0.3) is 0 Å². The van der Waals surface area contributed by atoms with Gasteiger partial charge in [-0.15, -0.1) is 0 Å². The van der Waals surface area contributed by atoms with E-state index >= 15 is 0 Å². The van der Waals surface area contributed by atoms with Crippen LogP contribution in [-0.4, -0.2) is 36.6 Å². The maximum Gasteiger partial charge on any atom is 0.416 e. The van der Waals surface area contributed by atoms with E-state index in [1.165, 1.54) is 17.7 Å². The Bertz CT molecular complexity index is 1570. The number of benzene rings is 2. The Kier molecular flexibility index (Phi) is 7.64. The van der Waals surface area contributed by atoms with Crippen LogP contribution in [0.5, 0.6) is 0 Å². The van der Waals surface area contributed by atoms with Crippen LogP contribution in [0.15, 0.2) is 54.6 Å². The molecule has 42 heavy (non-hydrogen) atoms. The van der Waals surface area contributed by atoms with Crippen LogP contribution in [0.3, 0.4) is 0 Å². The largest absolute Gasteiger partial charge is 0.475 e. The van der Waals surface area contributed by atoms with Gasteiger partial charge in [0.15, 0.2) is 11.5 Å². The van der Waals surface area contributed by atoms with Crippen LogP contribution in [0.25, 0.3) is 11.2 Å². The third kappa shape index (κ3) is 5.58. The van der Waals surface area contributed by atoms with Crippen LogP contribution in [0, 0.1) is 5.92 Å². The molecule has 2 heterocycles. The minimum absolute atomic E-state index is 0.0231. The fraction of sp³-hybridized carbons (Fsp3) is 0.438. The highest BCUT2D eigenvalue weighted by Crippen LogP contribution is 2.45. The van der Waals surface area contributed by atoms with E-state index in [2.05, 4.69) is 34.3 Å². The second-order valence-corrected chi connectivity index (χ2v) is 11.7. The molecule has 2 N–H and O–H groups in total. The summed E-state index contributed by atoms with van der Waals surface area (Å²) in [5.41, 5.74) is 2.05. The molecular formula is C32H34F3N5O2. The summed E-state index contributed by atoms with van der Waals surface area (Å²) in [6.07, 6.45) is 2.89. The molecule has 220 valence electrons. The molecule has 0 spiro atoms. The molecule has 0 bridgehead atoms. The molecule has 0 saturated heterocycles. The van der Waals surface area contributed by atoms with E-state index in [9.17, 15) is 23.1 Å². The van der Waals surface area contributed by atoms with Crippen molar-refractivity contribution < 1.29 is 23.1 Å². The molecule has 10 heteroatoms. The number of aromatic carboxylic acids is 1. The van der Waals surface area contributed by atoms with Gasteiger partial charge in [-0.3, -0.25) is 0 Å². The van der Waals surface area contributed by atoms with Crippen molar-refractivity contribution in [2.75, 3.05) is 5.32 Å². The topological polar surface area (TPSA) is 92.9 Å². The molecule has 0 radical (unpaired) electrons. The normalized spacial score (nSPS) is 20.3. The smallest absolute Gasteiger partial charge is 0.416 e. The number of aromatic nitrogens is 4. The summed E-state index contributed by atoms with van der Waals surface area (Å²) in [6.45, 7) is 2.33. The highest BCUT2D eigenvalue weighted by atomic mass is 19.4. The number of carboxylic acid groups (broad SMARTS) is 1. The van der Waals surface area contributed by atoms with E-state index in [1.54, 1.807) is 0 Å². The number of fused-ring (bicyclic) bond motifs is 1. The lowest BCUT2D eigenvalue weighted by Crippen LogP contribution is -2.31. The number of alkyl halides is 3. The summed E-state index contributed by atoms with van der Waals surface area (Å²) in [4.78, 5) is 25.8. The average molecular weight is 578 g/mol. The monoisotopic (exact) mass is 577 g/mol. The van der Waals surface area contributed by atoms with Crippen molar-refractivity contribution >= 4 is 23.0 Å². The van der Waals surface area contributed by atoms with Gasteiger partial charge in [-0.2, -0.15) is 13.2 Å². The van der Waals surface area contributed by atoms with Crippen molar-refractivity contribution in [1.82, 2.24) is 19.5 Å². The van der Waals surface area contributed by atoms with Crippen LogP contribution in [0.4, 0.5) is 19.0 Å². The van der Waals surface area contributed by atoms with Crippen LogP contribution in [0.2, 0.25) is 0 Å². The third-order valence-electron chi connectivity index (χ3n) is 8.99. The Hall–Kier alpha value is -3.95. The number of hydrogen-bond acceptors (Lipinski definition) is 5. The molecule has 3 atom stereocenters. The predicted molar refractivity (Wildman–Crippen MR) is 154 cm³/mol. The quantitative estimate of drug-likeness (QED) is 0.224. The first-order valence-corrected chi connectivity index (χ1v) is 14.7. The van der Waals surface area contributed by atoms with E-state index in [1.807, 2.05) is 22.8 Å². The Morgan fingerprint density at radius 2 is 1.64 bits per heavy atom. The van der Waals surface area contributed by atoms with E-state index in [-0.39, 0.29) is 35.9 Å². The number of carboxylic acids is 1. The maximum atomic E-state index is 13.3. The van der Waals surface area contributed by atoms with Gasteiger partial charge < -0.3 is 15.0 Å². The Balaban J connectivity index is 1.51. The van der Waals surface area contributed by atoms with Crippen molar-refractivity contribution in [3.05, 3.63) is 82.9 Å². The van der Waals surface area contributed by atoms with Crippen LogP contribution in [0.1, 0.15) is 96.8 Å². The second kappa shape index (κ2) is 11.4. The zero-order chi connectivity index (χ0) is 29.4. The Labute approximate surface area is 242 Å². The highest BCUT2D eigenvalue weighted by molar-refractivity contribution is 5.91. The number of imidazole rings is 1. The SMILES string of the molecule is C[C@@H](Nc1nc(C(=O)O)nc2nc(C3CCCCC3c3ccccc3)n(Cc3ccc(C(F)(F)F)cc3)c12)C1CCC1. The molecule has 2 saturated carbocycles. The van der Waals surface area contributed by atoms with Gasteiger partial charge in [-0.25, -0.2) is 19.7 Å². The summed E-state index contributed by atoms with van der Waals surface area (Å²) >= 11 is 0. The van der Waals surface area contributed by atoms with Gasteiger partial charge in [-0.1, -0.05) is 61.7 Å². The molecule has 2 aromatic carbocycles. The number of nitrogens with zero attached hydrogens (tertiary/aromatic N) is 4. The van der Waals surface area contributed by atoms with Gasteiger partial charge in [0.1, 0.15) is 11.3 Å². The molecule has 2 aliphatic carbocycles. The molecule has 0 aliphatic heterocycles. The summed E-state index contributed by atoms with van der Waals surface area (Å²) in [5, 5.41) is 13.3. The van der Waals surface area contributed by atoms with Crippen LogP contribution < -0.4 is 5.32 Å². The number of hydrogen-bond donors (Lipinski definition) is 2. The molecule has 4 aromatic rings.